The maximum Gasteiger partial charge on any atom is 0.164 e. The van der Waals surface area contributed by atoms with E-state index >= 15 is 0 Å². The summed E-state index contributed by atoms with van der Waals surface area (Å²) >= 11 is 0. The van der Waals surface area contributed by atoms with Gasteiger partial charge in [-0.2, -0.15) is 0 Å². The molecule has 0 aromatic heterocycles. The molecular formula is C19H25NO. The van der Waals surface area contributed by atoms with Gasteiger partial charge in [0.1, 0.15) is 0 Å². The third-order valence-corrected chi connectivity index (χ3v) is 6.18. The van der Waals surface area contributed by atoms with E-state index in [-0.39, 0.29) is 5.54 Å². The number of benzene rings is 1. The van der Waals surface area contributed by atoms with Crippen molar-refractivity contribution < 1.29 is 4.79 Å². The Balaban J connectivity index is 1.58. The van der Waals surface area contributed by atoms with Gasteiger partial charge in [0.25, 0.3) is 0 Å². The minimum Gasteiger partial charge on any atom is -0.297 e. The van der Waals surface area contributed by atoms with Gasteiger partial charge < -0.3 is 0 Å². The lowest BCUT2D eigenvalue weighted by molar-refractivity contribution is 0.0893. The van der Waals surface area contributed by atoms with Crippen LogP contribution in [0.3, 0.4) is 0 Å². The number of carbonyl (C=O) groups is 1. The predicted octanol–water partition coefficient (Wildman–Crippen LogP) is 3.91. The summed E-state index contributed by atoms with van der Waals surface area (Å²) in [4.78, 5) is 15.5. The van der Waals surface area contributed by atoms with Crippen molar-refractivity contribution in [2.24, 2.45) is 11.8 Å². The van der Waals surface area contributed by atoms with Crippen molar-refractivity contribution in [2.75, 3.05) is 13.1 Å². The fraction of sp³-hybridized carbons (Fsp3) is 0.632. The first-order chi connectivity index (χ1) is 10.3. The number of Topliss-reactive ketones (excluding diaryl/α,β-unsaturated/α-hetero) is 1. The van der Waals surface area contributed by atoms with Crippen LogP contribution < -0.4 is 0 Å². The number of carbonyl (C=O) groups excluding carboxylic acids is 1. The van der Waals surface area contributed by atoms with Gasteiger partial charge in [-0.3, -0.25) is 9.69 Å². The first-order valence-electron chi connectivity index (χ1n) is 8.66. The topological polar surface area (TPSA) is 20.3 Å². The van der Waals surface area contributed by atoms with E-state index in [1.165, 1.54) is 51.6 Å². The van der Waals surface area contributed by atoms with Gasteiger partial charge in [0.15, 0.2) is 5.78 Å². The van der Waals surface area contributed by atoms with Crippen LogP contribution in [0.4, 0.5) is 0 Å². The molecule has 2 aliphatic carbocycles. The van der Waals surface area contributed by atoms with Gasteiger partial charge >= 0.3 is 0 Å². The van der Waals surface area contributed by atoms with E-state index in [1.54, 1.807) is 0 Å². The van der Waals surface area contributed by atoms with E-state index < -0.39 is 0 Å². The molecule has 1 aliphatic heterocycles. The average Bonchev–Trinajstić information content (AvgIpc) is 2.90. The summed E-state index contributed by atoms with van der Waals surface area (Å²) < 4.78 is 0. The Morgan fingerprint density at radius 2 is 1.62 bits per heavy atom. The minimum atomic E-state index is 0.236. The largest absolute Gasteiger partial charge is 0.297 e. The Kier molecular flexibility index (Phi) is 3.37. The van der Waals surface area contributed by atoms with Crippen LogP contribution in [0.25, 0.3) is 0 Å². The van der Waals surface area contributed by atoms with E-state index in [4.69, 9.17) is 0 Å². The molecule has 0 bridgehead atoms. The second-order valence-electron chi connectivity index (χ2n) is 7.15. The Hall–Kier alpha value is -1.15. The highest BCUT2D eigenvalue weighted by atomic mass is 16.1. The smallest absolute Gasteiger partial charge is 0.164 e. The van der Waals surface area contributed by atoms with Gasteiger partial charge in [0.05, 0.1) is 0 Å². The maximum absolute atomic E-state index is 12.8. The number of hydrogen-bond acceptors (Lipinski definition) is 2. The number of likely N-dealkylation sites (tertiary alicyclic amines) is 1. The molecule has 2 saturated carbocycles. The van der Waals surface area contributed by atoms with Crippen molar-refractivity contribution in [1.29, 1.82) is 0 Å². The highest BCUT2D eigenvalue weighted by Crippen LogP contribution is 2.64. The molecule has 2 heteroatoms. The van der Waals surface area contributed by atoms with Crippen LogP contribution in [0.2, 0.25) is 0 Å². The van der Waals surface area contributed by atoms with Crippen LogP contribution in [-0.2, 0) is 0 Å². The highest BCUT2D eigenvalue weighted by Gasteiger charge is 2.67. The molecule has 4 rings (SSSR count). The van der Waals surface area contributed by atoms with Gasteiger partial charge in [-0.15, -0.1) is 0 Å². The van der Waals surface area contributed by atoms with Gasteiger partial charge in [-0.25, -0.2) is 0 Å². The van der Waals surface area contributed by atoms with Crippen molar-refractivity contribution in [3.8, 4) is 0 Å². The summed E-state index contributed by atoms with van der Waals surface area (Å²) in [6.45, 7) is 2.43. The molecule has 1 unspecified atom stereocenters. The SMILES string of the molecule is O=C(CC1(N2CCCC2)[C@@H]2CCCC[C@@H]21)c1ccccc1. The summed E-state index contributed by atoms with van der Waals surface area (Å²) in [5, 5.41) is 0. The quantitative estimate of drug-likeness (QED) is 0.781. The van der Waals surface area contributed by atoms with Crippen molar-refractivity contribution in [3.05, 3.63) is 35.9 Å². The number of ketones is 1. The number of hydrogen-bond donors (Lipinski definition) is 0. The van der Waals surface area contributed by atoms with E-state index in [2.05, 4.69) is 4.90 Å². The molecule has 2 nitrogen and oxygen atoms in total. The van der Waals surface area contributed by atoms with Crippen LogP contribution in [0, 0.1) is 11.8 Å². The second kappa shape index (κ2) is 5.24. The van der Waals surface area contributed by atoms with Crippen molar-refractivity contribution >= 4 is 5.78 Å². The fourth-order valence-corrected chi connectivity index (χ4v) is 5.18. The van der Waals surface area contributed by atoms with Gasteiger partial charge in [-0.05, 0) is 50.6 Å². The molecule has 3 atom stereocenters. The van der Waals surface area contributed by atoms with Crippen molar-refractivity contribution in [1.82, 2.24) is 4.90 Å². The Labute approximate surface area is 127 Å². The van der Waals surface area contributed by atoms with Gasteiger partial charge in [0, 0.05) is 17.5 Å². The Morgan fingerprint density at radius 3 is 2.24 bits per heavy atom. The van der Waals surface area contributed by atoms with Gasteiger partial charge in [-0.1, -0.05) is 43.2 Å². The first kappa shape index (κ1) is 13.5. The maximum atomic E-state index is 12.8. The first-order valence-corrected chi connectivity index (χ1v) is 8.66. The molecule has 1 heterocycles. The summed E-state index contributed by atoms with van der Waals surface area (Å²) in [5.74, 6) is 1.96. The minimum absolute atomic E-state index is 0.236. The van der Waals surface area contributed by atoms with E-state index in [0.717, 1.165) is 23.8 Å². The number of nitrogens with zero attached hydrogens (tertiary/aromatic N) is 1. The number of rotatable bonds is 4. The lowest BCUT2D eigenvalue weighted by atomic mass is 9.97. The molecule has 3 aliphatic rings. The molecular weight excluding hydrogens is 258 g/mol. The predicted molar refractivity (Wildman–Crippen MR) is 84.4 cm³/mol. The second-order valence-corrected chi connectivity index (χ2v) is 7.15. The van der Waals surface area contributed by atoms with Crippen LogP contribution >= 0.6 is 0 Å². The van der Waals surface area contributed by atoms with Crippen LogP contribution in [0.1, 0.15) is 55.3 Å². The lowest BCUT2D eigenvalue weighted by Crippen LogP contribution is -2.40. The zero-order valence-electron chi connectivity index (χ0n) is 12.8. The van der Waals surface area contributed by atoms with Crippen molar-refractivity contribution in [2.45, 2.75) is 50.5 Å². The van der Waals surface area contributed by atoms with Crippen LogP contribution in [-0.4, -0.2) is 29.3 Å². The average molecular weight is 283 g/mol. The van der Waals surface area contributed by atoms with Crippen molar-refractivity contribution in [3.63, 3.8) is 0 Å². The van der Waals surface area contributed by atoms with Gasteiger partial charge in [0.2, 0.25) is 0 Å². The Bertz CT molecular complexity index is 506. The van der Waals surface area contributed by atoms with E-state index in [9.17, 15) is 4.79 Å². The summed E-state index contributed by atoms with van der Waals surface area (Å²) in [6, 6.07) is 9.91. The lowest BCUT2D eigenvalue weighted by Gasteiger charge is -2.29. The summed E-state index contributed by atoms with van der Waals surface area (Å²) in [7, 11) is 0. The third-order valence-electron chi connectivity index (χ3n) is 6.18. The molecule has 0 N–H and O–H groups in total. The van der Waals surface area contributed by atoms with Crippen LogP contribution in [0.5, 0.6) is 0 Å². The standard InChI is InChI=1S/C19H25NO/c21-18(15-8-2-1-3-9-15)14-19(20-12-6-7-13-20)16-10-4-5-11-17(16)19/h1-3,8-9,16-17H,4-7,10-14H2/t16-,17+,19?. The molecule has 0 amide bonds. The highest BCUT2D eigenvalue weighted by molar-refractivity contribution is 5.97. The van der Waals surface area contributed by atoms with E-state index in [0.29, 0.717) is 5.78 Å². The molecule has 0 spiro atoms. The molecule has 1 aromatic rings. The monoisotopic (exact) mass is 283 g/mol. The molecule has 21 heavy (non-hydrogen) atoms. The molecule has 112 valence electrons. The Morgan fingerprint density at radius 1 is 1.00 bits per heavy atom. The molecule has 0 radical (unpaired) electrons. The zero-order valence-corrected chi connectivity index (χ0v) is 12.8. The normalized spacial score (nSPS) is 35.4. The third kappa shape index (κ3) is 2.15. The molecule has 3 fully saturated rings. The number of fused-ring (bicyclic) bond motifs is 1. The summed E-state index contributed by atoms with van der Waals surface area (Å²) in [6.07, 6.45) is 8.84. The summed E-state index contributed by atoms with van der Waals surface area (Å²) in [5.41, 5.74) is 1.14. The molecule has 1 aromatic carbocycles. The molecule has 1 saturated heterocycles. The zero-order chi connectivity index (χ0) is 14.3. The van der Waals surface area contributed by atoms with Crippen LogP contribution in [0.15, 0.2) is 30.3 Å². The fourth-order valence-electron chi connectivity index (χ4n) is 5.18. The van der Waals surface area contributed by atoms with E-state index in [1.807, 2.05) is 30.3 Å².